The molecule has 1 unspecified atom stereocenters. The summed E-state index contributed by atoms with van der Waals surface area (Å²) in [5.74, 6) is 0.774. The van der Waals surface area contributed by atoms with Crippen molar-refractivity contribution in [2.45, 2.75) is 13.0 Å². The average Bonchev–Trinajstić information content (AvgIpc) is 2.85. The highest BCUT2D eigenvalue weighted by Crippen LogP contribution is 2.29. The lowest BCUT2D eigenvalue weighted by atomic mass is 10.1. The molecule has 4 heteroatoms. The zero-order valence-corrected chi connectivity index (χ0v) is 10.5. The number of methoxy groups -OCH3 is 1. The molecule has 2 rings (SSSR count). The van der Waals surface area contributed by atoms with E-state index in [1.54, 1.807) is 19.6 Å². The Hall–Kier alpha value is -1.61. The Morgan fingerprint density at radius 3 is 2.82 bits per heavy atom. The molecule has 1 heterocycles. The van der Waals surface area contributed by atoms with Crippen molar-refractivity contribution in [1.29, 1.82) is 0 Å². The SMILES string of the molecule is COc1ccc(Cl)c(NC(C)c2ccoc2)c1. The molecule has 1 aromatic carbocycles. The molecule has 0 saturated heterocycles. The van der Waals surface area contributed by atoms with E-state index in [1.807, 2.05) is 31.2 Å². The number of ether oxygens (including phenoxy) is 1. The third-order valence-electron chi connectivity index (χ3n) is 2.59. The van der Waals surface area contributed by atoms with Gasteiger partial charge in [-0.2, -0.15) is 0 Å². The number of halogens is 1. The first-order chi connectivity index (χ1) is 8.20. The highest BCUT2D eigenvalue weighted by Gasteiger charge is 2.09. The molecular formula is C13H14ClNO2. The maximum atomic E-state index is 6.12. The predicted molar refractivity (Wildman–Crippen MR) is 68.7 cm³/mol. The minimum absolute atomic E-state index is 0.123. The molecule has 17 heavy (non-hydrogen) atoms. The van der Waals surface area contributed by atoms with Gasteiger partial charge in [-0.1, -0.05) is 11.6 Å². The number of rotatable bonds is 4. The van der Waals surface area contributed by atoms with Crippen molar-refractivity contribution in [2.24, 2.45) is 0 Å². The monoisotopic (exact) mass is 251 g/mol. The van der Waals surface area contributed by atoms with Crippen LogP contribution in [0.5, 0.6) is 5.75 Å². The fourth-order valence-corrected chi connectivity index (χ4v) is 1.75. The Kier molecular flexibility index (Phi) is 3.59. The lowest BCUT2D eigenvalue weighted by Crippen LogP contribution is -2.06. The number of nitrogens with one attached hydrogen (secondary N) is 1. The molecule has 0 aliphatic carbocycles. The van der Waals surface area contributed by atoms with Gasteiger partial charge < -0.3 is 14.5 Å². The first kappa shape index (κ1) is 11.9. The van der Waals surface area contributed by atoms with Gasteiger partial charge in [0.25, 0.3) is 0 Å². The largest absolute Gasteiger partial charge is 0.497 e. The third kappa shape index (κ3) is 2.74. The van der Waals surface area contributed by atoms with Crippen molar-refractivity contribution in [1.82, 2.24) is 0 Å². The van der Waals surface area contributed by atoms with Crippen molar-refractivity contribution in [3.05, 3.63) is 47.4 Å². The second kappa shape index (κ2) is 5.15. The summed E-state index contributed by atoms with van der Waals surface area (Å²) < 4.78 is 10.2. The summed E-state index contributed by atoms with van der Waals surface area (Å²) in [5.41, 5.74) is 1.92. The van der Waals surface area contributed by atoms with Crippen LogP contribution in [0.15, 0.2) is 41.2 Å². The van der Waals surface area contributed by atoms with Crippen LogP contribution >= 0.6 is 11.6 Å². The van der Waals surface area contributed by atoms with E-state index in [-0.39, 0.29) is 6.04 Å². The molecule has 3 nitrogen and oxygen atoms in total. The lowest BCUT2D eigenvalue weighted by Gasteiger charge is -2.15. The number of benzene rings is 1. The van der Waals surface area contributed by atoms with Gasteiger partial charge in [-0.25, -0.2) is 0 Å². The van der Waals surface area contributed by atoms with Crippen LogP contribution in [0.3, 0.4) is 0 Å². The molecule has 0 amide bonds. The summed E-state index contributed by atoms with van der Waals surface area (Å²) in [7, 11) is 1.63. The summed E-state index contributed by atoms with van der Waals surface area (Å²) >= 11 is 6.12. The molecule has 0 aliphatic heterocycles. The van der Waals surface area contributed by atoms with E-state index in [4.69, 9.17) is 20.8 Å². The first-order valence-electron chi connectivity index (χ1n) is 5.33. The van der Waals surface area contributed by atoms with Crippen LogP contribution in [0.1, 0.15) is 18.5 Å². The molecule has 0 radical (unpaired) electrons. The Labute approximate surface area is 105 Å². The number of hydrogen-bond donors (Lipinski definition) is 1. The van der Waals surface area contributed by atoms with E-state index >= 15 is 0 Å². The summed E-state index contributed by atoms with van der Waals surface area (Å²) in [5, 5.41) is 3.98. The van der Waals surface area contributed by atoms with Gasteiger partial charge in [0, 0.05) is 11.6 Å². The molecule has 0 fully saturated rings. The Morgan fingerprint density at radius 2 is 2.18 bits per heavy atom. The standard InChI is InChI=1S/C13H14ClNO2/c1-9(10-5-6-17-8-10)15-13-7-11(16-2)3-4-12(13)14/h3-9,15H,1-2H3. The Morgan fingerprint density at radius 1 is 1.35 bits per heavy atom. The molecule has 0 spiro atoms. The predicted octanol–water partition coefficient (Wildman–Crippen LogP) is 4.11. The smallest absolute Gasteiger partial charge is 0.121 e. The topological polar surface area (TPSA) is 34.4 Å². The Bertz CT molecular complexity index is 482. The fraction of sp³-hybridized carbons (Fsp3) is 0.231. The molecule has 2 aromatic rings. The average molecular weight is 252 g/mol. The molecule has 0 aliphatic rings. The van der Waals surface area contributed by atoms with Crippen molar-refractivity contribution >= 4 is 17.3 Å². The van der Waals surface area contributed by atoms with E-state index in [9.17, 15) is 0 Å². The van der Waals surface area contributed by atoms with Crippen LogP contribution in [-0.4, -0.2) is 7.11 Å². The zero-order valence-electron chi connectivity index (χ0n) is 9.74. The van der Waals surface area contributed by atoms with Gasteiger partial charge in [0.15, 0.2) is 0 Å². The van der Waals surface area contributed by atoms with Crippen molar-refractivity contribution in [2.75, 3.05) is 12.4 Å². The highest BCUT2D eigenvalue weighted by atomic mass is 35.5. The van der Waals surface area contributed by atoms with E-state index < -0.39 is 0 Å². The molecule has 90 valence electrons. The molecule has 1 aromatic heterocycles. The fourth-order valence-electron chi connectivity index (χ4n) is 1.58. The van der Waals surface area contributed by atoms with Crippen LogP contribution in [0, 0.1) is 0 Å². The van der Waals surface area contributed by atoms with Gasteiger partial charge in [-0.05, 0) is 25.1 Å². The van der Waals surface area contributed by atoms with Crippen LogP contribution < -0.4 is 10.1 Å². The summed E-state index contributed by atoms with van der Waals surface area (Å²) in [6.45, 7) is 2.04. The second-order valence-corrected chi connectivity index (χ2v) is 4.18. The molecule has 1 N–H and O–H groups in total. The van der Waals surface area contributed by atoms with Gasteiger partial charge in [0.1, 0.15) is 5.75 Å². The van der Waals surface area contributed by atoms with Crippen molar-refractivity contribution in [3.63, 3.8) is 0 Å². The first-order valence-corrected chi connectivity index (χ1v) is 5.70. The van der Waals surface area contributed by atoms with Gasteiger partial charge in [-0.3, -0.25) is 0 Å². The van der Waals surface area contributed by atoms with Crippen LogP contribution in [-0.2, 0) is 0 Å². The maximum Gasteiger partial charge on any atom is 0.121 e. The maximum absolute atomic E-state index is 6.12. The number of anilines is 1. The minimum atomic E-state index is 0.123. The van der Waals surface area contributed by atoms with Gasteiger partial charge in [-0.15, -0.1) is 0 Å². The van der Waals surface area contributed by atoms with Crippen LogP contribution in [0.2, 0.25) is 5.02 Å². The van der Waals surface area contributed by atoms with E-state index in [0.29, 0.717) is 5.02 Å². The lowest BCUT2D eigenvalue weighted by molar-refractivity contribution is 0.415. The molecule has 0 saturated carbocycles. The van der Waals surface area contributed by atoms with Gasteiger partial charge in [0.2, 0.25) is 0 Å². The quantitative estimate of drug-likeness (QED) is 0.888. The number of hydrogen-bond acceptors (Lipinski definition) is 3. The van der Waals surface area contributed by atoms with E-state index in [0.717, 1.165) is 17.0 Å². The Balaban J connectivity index is 2.18. The summed E-state index contributed by atoms with van der Waals surface area (Å²) in [6.07, 6.45) is 3.37. The second-order valence-electron chi connectivity index (χ2n) is 3.77. The van der Waals surface area contributed by atoms with Gasteiger partial charge in [0.05, 0.1) is 36.4 Å². The van der Waals surface area contributed by atoms with Crippen LogP contribution in [0.25, 0.3) is 0 Å². The molecular weight excluding hydrogens is 238 g/mol. The van der Waals surface area contributed by atoms with E-state index in [1.165, 1.54) is 0 Å². The summed E-state index contributed by atoms with van der Waals surface area (Å²) in [4.78, 5) is 0. The summed E-state index contributed by atoms with van der Waals surface area (Å²) in [6, 6.07) is 7.56. The number of furan rings is 1. The van der Waals surface area contributed by atoms with Crippen molar-refractivity contribution in [3.8, 4) is 5.75 Å². The zero-order chi connectivity index (χ0) is 12.3. The molecule has 1 atom stereocenters. The van der Waals surface area contributed by atoms with Crippen molar-refractivity contribution < 1.29 is 9.15 Å². The normalized spacial score (nSPS) is 12.2. The minimum Gasteiger partial charge on any atom is -0.497 e. The third-order valence-corrected chi connectivity index (χ3v) is 2.92. The van der Waals surface area contributed by atoms with E-state index in [2.05, 4.69) is 5.32 Å². The van der Waals surface area contributed by atoms with Gasteiger partial charge >= 0.3 is 0 Å². The highest BCUT2D eigenvalue weighted by molar-refractivity contribution is 6.33. The van der Waals surface area contributed by atoms with Crippen LogP contribution in [0.4, 0.5) is 5.69 Å². The molecule has 0 bridgehead atoms.